The van der Waals surface area contributed by atoms with Crippen molar-refractivity contribution in [3.63, 3.8) is 0 Å². The molecule has 0 saturated heterocycles. The Kier molecular flexibility index (Phi) is 13.8. The van der Waals surface area contributed by atoms with Gasteiger partial charge in [-0.15, -0.1) is 0 Å². The lowest BCUT2D eigenvalue weighted by Crippen LogP contribution is -2.41. The highest BCUT2D eigenvalue weighted by Gasteiger charge is 2.40. The Labute approximate surface area is 194 Å². The number of methoxy groups -OCH3 is 3. The van der Waals surface area contributed by atoms with E-state index < -0.39 is 22.2 Å². The van der Waals surface area contributed by atoms with Crippen LogP contribution in [-0.2, 0) is 38.0 Å². The van der Waals surface area contributed by atoms with E-state index in [0.717, 1.165) is 0 Å². The van der Waals surface area contributed by atoms with Crippen LogP contribution in [0.3, 0.4) is 0 Å². The first-order valence-electron chi connectivity index (χ1n) is 10.8. The van der Waals surface area contributed by atoms with Gasteiger partial charge < -0.3 is 33.2 Å². The van der Waals surface area contributed by atoms with Gasteiger partial charge in [0.05, 0.1) is 55.9 Å². The smallest absolute Gasteiger partial charge is 0.318 e. The molecule has 0 amide bonds. The van der Waals surface area contributed by atoms with Crippen molar-refractivity contribution in [2.75, 3.05) is 74.2 Å². The average molecular weight is 461 g/mol. The number of ether oxygens (including phenoxy) is 7. The minimum atomic E-state index is -1.10. The summed E-state index contributed by atoms with van der Waals surface area (Å²) in [5.41, 5.74) is -2.23. The molecule has 0 aliphatic heterocycles. The van der Waals surface area contributed by atoms with Crippen LogP contribution in [0.5, 0.6) is 0 Å². The monoisotopic (exact) mass is 460 g/mol. The van der Waals surface area contributed by atoms with Crippen LogP contribution < -0.4 is 0 Å². The predicted molar refractivity (Wildman–Crippen MR) is 123 cm³/mol. The summed E-state index contributed by atoms with van der Waals surface area (Å²) in [4.78, 5) is 12.6. The normalized spacial score (nSPS) is 13.9. The lowest BCUT2D eigenvalue weighted by Gasteiger charge is -2.35. The van der Waals surface area contributed by atoms with E-state index in [9.17, 15) is 4.79 Å². The second-order valence-electron chi connectivity index (χ2n) is 8.74. The van der Waals surface area contributed by atoms with Gasteiger partial charge in [-0.25, -0.2) is 0 Å². The summed E-state index contributed by atoms with van der Waals surface area (Å²) in [5.74, 6) is 0.458. The van der Waals surface area contributed by atoms with Gasteiger partial charge in [0, 0.05) is 27.4 Å². The summed E-state index contributed by atoms with van der Waals surface area (Å²) in [7, 11) is 4.53. The number of carbonyl (C=O) groups is 1. The summed E-state index contributed by atoms with van der Waals surface area (Å²) in [6.07, 6.45) is 0. The Morgan fingerprint density at radius 1 is 0.656 bits per heavy atom. The molecule has 0 aromatic heterocycles. The Balaban J connectivity index is 5.37. The molecule has 0 bridgehead atoms. The maximum absolute atomic E-state index is 12.6. The zero-order valence-corrected chi connectivity index (χ0v) is 21.3. The number of esters is 1. The van der Waals surface area contributed by atoms with Gasteiger partial charge in [-0.3, -0.25) is 4.79 Å². The standard InChI is InChI=1S/C24H44O8/c1-11-29-15-23(6,16-30-12-2)20(4)32-18-24(7,21(25)28-10)17-31-19(3)22(5,13-26-8)14-27-9/h3-4,11-18H2,1-2,5-10H3. The number of rotatable bonds is 19. The topological polar surface area (TPSA) is 81.7 Å². The molecule has 0 aromatic rings. The van der Waals surface area contributed by atoms with Gasteiger partial charge in [-0.2, -0.15) is 0 Å². The maximum Gasteiger partial charge on any atom is 0.318 e. The van der Waals surface area contributed by atoms with Gasteiger partial charge in [0.1, 0.15) is 18.6 Å². The summed E-state index contributed by atoms with van der Waals surface area (Å²) >= 11 is 0. The van der Waals surface area contributed by atoms with Crippen molar-refractivity contribution in [1.82, 2.24) is 0 Å². The van der Waals surface area contributed by atoms with Crippen LogP contribution in [0.15, 0.2) is 24.7 Å². The number of hydrogen-bond donors (Lipinski definition) is 0. The molecule has 0 spiro atoms. The van der Waals surface area contributed by atoms with Gasteiger partial charge in [-0.05, 0) is 34.6 Å². The summed E-state index contributed by atoms with van der Waals surface area (Å²) in [5, 5.41) is 0. The molecule has 0 rings (SSSR count). The molecule has 188 valence electrons. The molecular weight excluding hydrogens is 416 g/mol. The van der Waals surface area contributed by atoms with Gasteiger partial charge in [0.25, 0.3) is 0 Å². The van der Waals surface area contributed by atoms with Gasteiger partial charge >= 0.3 is 5.97 Å². The SMILES string of the molecule is C=C(OCC(C)(COC(=C)C(C)(COCC)COCC)C(=O)OC)C(C)(COC)COC. The van der Waals surface area contributed by atoms with E-state index in [2.05, 4.69) is 13.2 Å². The minimum Gasteiger partial charge on any atom is -0.496 e. The molecule has 0 N–H and O–H groups in total. The Morgan fingerprint density at radius 3 is 1.34 bits per heavy atom. The van der Waals surface area contributed by atoms with Crippen molar-refractivity contribution in [3.8, 4) is 0 Å². The highest BCUT2D eigenvalue weighted by molar-refractivity contribution is 5.76. The molecule has 0 fully saturated rings. The van der Waals surface area contributed by atoms with Crippen molar-refractivity contribution in [3.05, 3.63) is 24.7 Å². The molecule has 0 radical (unpaired) electrons. The molecule has 0 heterocycles. The molecule has 0 aliphatic rings. The van der Waals surface area contributed by atoms with E-state index in [1.54, 1.807) is 21.1 Å². The molecule has 1 unspecified atom stereocenters. The third kappa shape index (κ3) is 9.10. The first kappa shape index (κ1) is 30.4. The minimum absolute atomic E-state index is 0.00242. The van der Waals surface area contributed by atoms with Crippen LogP contribution in [-0.4, -0.2) is 80.2 Å². The largest absolute Gasteiger partial charge is 0.496 e. The van der Waals surface area contributed by atoms with E-state index in [1.807, 2.05) is 27.7 Å². The molecule has 32 heavy (non-hydrogen) atoms. The van der Waals surface area contributed by atoms with E-state index in [0.29, 0.717) is 51.2 Å². The fourth-order valence-electron chi connectivity index (χ4n) is 2.94. The second-order valence-corrected chi connectivity index (χ2v) is 8.74. The molecule has 0 saturated carbocycles. The van der Waals surface area contributed by atoms with Crippen LogP contribution >= 0.6 is 0 Å². The zero-order valence-electron chi connectivity index (χ0n) is 21.3. The summed E-state index contributed by atoms with van der Waals surface area (Å²) in [6.45, 7) is 20.2. The highest BCUT2D eigenvalue weighted by Crippen LogP contribution is 2.33. The van der Waals surface area contributed by atoms with Crippen molar-refractivity contribution in [2.45, 2.75) is 34.6 Å². The van der Waals surface area contributed by atoms with E-state index in [4.69, 9.17) is 33.2 Å². The van der Waals surface area contributed by atoms with Gasteiger partial charge in [-0.1, -0.05) is 13.2 Å². The lowest BCUT2D eigenvalue weighted by atomic mass is 9.89. The summed E-state index contributed by atoms with van der Waals surface area (Å²) in [6, 6.07) is 0. The number of hydrogen-bond acceptors (Lipinski definition) is 8. The van der Waals surface area contributed by atoms with E-state index >= 15 is 0 Å². The molecule has 8 heteroatoms. The second kappa shape index (κ2) is 14.5. The quantitative estimate of drug-likeness (QED) is 0.214. The van der Waals surface area contributed by atoms with Crippen molar-refractivity contribution >= 4 is 5.97 Å². The van der Waals surface area contributed by atoms with Gasteiger partial charge in [0.2, 0.25) is 0 Å². The number of carbonyl (C=O) groups excluding carboxylic acids is 1. The van der Waals surface area contributed by atoms with Crippen molar-refractivity contribution in [1.29, 1.82) is 0 Å². The first-order valence-corrected chi connectivity index (χ1v) is 10.8. The van der Waals surface area contributed by atoms with Crippen LogP contribution in [0.1, 0.15) is 34.6 Å². The van der Waals surface area contributed by atoms with Gasteiger partial charge in [0.15, 0.2) is 0 Å². The fraction of sp³-hybridized carbons (Fsp3) is 0.792. The zero-order chi connectivity index (χ0) is 24.8. The fourth-order valence-corrected chi connectivity index (χ4v) is 2.94. The lowest BCUT2D eigenvalue weighted by molar-refractivity contribution is -0.159. The highest BCUT2D eigenvalue weighted by atomic mass is 16.5. The van der Waals surface area contributed by atoms with Crippen LogP contribution in [0.4, 0.5) is 0 Å². The van der Waals surface area contributed by atoms with Crippen LogP contribution in [0, 0.1) is 16.2 Å². The molecule has 0 aromatic carbocycles. The average Bonchev–Trinajstić information content (AvgIpc) is 2.77. The maximum atomic E-state index is 12.6. The summed E-state index contributed by atoms with van der Waals surface area (Å²) < 4.78 is 38.7. The van der Waals surface area contributed by atoms with Crippen molar-refractivity contribution < 1.29 is 38.0 Å². The molecule has 8 nitrogen and oxygen atoms in total. The molecule has 1 atom stereocenters. The van der Waals surface area contributed by atoms with E-state index in [-0.39, 0.29) is 13.2 Å². The molecular formula is C24H44O8. The van der Waals surface area contributed by atoms with Crippen LogP contribution in [0.25, 0.3) is 0 Å². The van der Waals surface area contributed by atoms with E-state index in [1.165, 1.54) is 7.11 Å². The van der Waals surface area contributed by atoms with Crippen molar-refractivity contribution in [2.24, 2.45) is 16.2 Å². The third-order valence-electron chi connectivity index (χ3n) is 5.33. The Morgan fingerprint density at radius 2 is 1.03 bits per heavy atom. The Bertz CT molecular complexity index is 575. The first-order chi connectivity index (χ1) is 15.0. The molecule has 0 aliphatic carbocycles. The predicted octanol–water partition coefficient (Wildman–Crippen LogP) is 3.60. The van der Waals surface area contributed by atoms with Crippen LogP contribution in [0.2, 0.25) is 0 Å². The third-order valence-corrected chi connectivity index (χ3v) is 5.33. The Hall–Kier alpha value is -1.61.